The molecule has 0 N–H and O–H groups in total. The first kappa shape index (κ1) is 15.7. The van der Waals surface area contributed by atoms with Gasteiger partial charge in [-0.15, -0.1) is 0 Å². The zero-order chi connectivity index (χ0) is 14.4. The average Bonchev–Trinajstić information content (AvgIpc) is 2.48. The Bertz CT molecular complexity index is 433. The summed E-state index contributed by atoms with van der Waals surface area (Å²) in [7, 11) is 1.78. The van der Waals surface area contributed by atoms with Crippen LogP contribution in [0.5, 0.6) is 0 Å². The lowest BCUT2D eigenvalue weighted by Gasteiger charge is -2.31. The Labute approximate surface area is 129 Å². The third kappa shape index (κ3) is 4.69. The van der Waals surface area contributed by atoms with Crippen molar-refractivity contribution in [3.63, 3.8) is 0 Å². The summed E-state index contributed by atoms with van der Waals surface area (Å²) < 4.78 is 6.42. The van der Waals surface area contributed by atoms with Crippen LogP contribution in [0.3, 0.4) is 0 Å². The molecule has 110 valence electrons. The van der Waals surface area contributed by atoms with Crippen LogP contribution in [-0.4, -0.2) is 43.5 Å². The molecule has 3 nitrogen and oxygen atoms in total. The molecule has 0 radical (unpaired) electrons. The lowest BCUT2D eigenvalue weighted by molar-refractivity contribution is 0.0309. The molecular formula is C16H22BrNO2. The van der Waals surface area contributed by atoms with Crippen molar-refractivity contribution in [3.8, 4) is 0 Å². The summed E-state index contributed by atoms with van der Waals surface area (Å²) in [5, 5.41) is 0. The molecular weight excluding hydrogens is 318 g/mol. The highest BCUT2D eigenvalue weighted by Crippen LogP contribution is 2.15. The second-order valence-corrected chi connectivity index (χ2v) is 6.25. The van der Waals surface area contributed by atoms with Crippen LogP contribution in [0.25, 0.3) is 0 Å². The summed E-state index contributed by atoms with van der Waals surface area (Å²) in [5.74, 6) is 0.234. The average molecular weight is 340 g/mol. The molecule has 1 atom stereocenters. The predicted molar refractivity (Wildman–Crippen MR) is 84.2 cm³/mol. The standard InChI is InChI=1S/C16H22BrNO2/c1-20-15-4-2-10-18(12-15)11-3-5-16(19)13-6-8-14(17)9-7-13/h6-9,15H,2-5,10-12H2,1H3. The third-order valence-corrected chi connectivity index (χ3v) is 4.37. The minimum atomic E-state index is 0.234. The van der Waals surface area contributed by atoms with Gasteiger partial charge in [-0.25, -0.2) is 0 Å². The van der Waals surface area contributed by atoms with E-state index in [2.05, 4.69) is 20.8 Å². The largest absolute Gasteiger partial charge is 0.380 e. The number of carbonyl (C=O) groups is 1. The maximum Gasteiger partial charge on any atom is 0.162 e. The molecule has 0 bridgehead atoms. The van der Waals surface area contributed by atoms with E-state index in [-0.39, 0.29) is 5.78 Å². The molecule has 1 fully saturated rings. The summed E-state index contributed by atoms with van der Waals surface area (Å²) in [6.07, 6.45) is 4.26. The smallest absolute Gasteiger partial charge is 0.162 e. The van der Waals surface area contributed by atoms with Gasteiger partial charge in [-0.1, -0.05) is 28.1 Å². The number of methoxy groups -OCH3 is 1. The van der Waals surface area contributed by atoms with Crippen LogP contribution in [0, 0.1) is 0 Å². The van der Waals surface area contributed by atoms with Gasteiger partial charge in [0, 0.05) is 30.1 Å². The van der Waals surface area contributed by atoms with E-state index in [0.29, 0.717) is 12.5 Å². The third-order valence-electron chi connectivity index (χ3n) is 3.84. The molecule has 1 aromatic carbocycles. The van der Waals surface area contributed by atoms with E-state index >= 15 is 0 Å². The number of likely N-dealkylation sites (tertiary alicyclic amines) is 1. The van der Waals surface area contributed by atoms with Crippen molar-refractivity contribution < 1.29 is 9.53 Å². The van der Waals surface area contributed by atoms with E-state index in [4.69, 9.17) is 4.74 Å². The lowest BCUT2D eigenvalue weighted by Crippen LogP contribution is -2.39. The molecule has 2 rings (SSSR count). The number of benzene rings is 1. The van der Waals surface area contributed by atoms with E-state index in [1.807, 2.05) is 24.3 Å². The predicted octanol–water partition coefficient (Wildman–Crippen LogP) is 3.52. The van der Waals surface area contributed by atoms with Crippen molar-refractivity contribution in [2.24, 2.45) is 0 Å². The first-order valence-electron chi connectivity index (χ1n) is 7.23. The highest BCUT2D eigenvalue weighted by Gasteiger charge is 2.19. The van der Waals surface area contributed by atoms with Gasteiger partial charge >= 0.3 is 0 Å². The molecule has 0 spiro atoms. The monoisotopic (exact) mass is 339 g/mol. The fourth-order valence-corrected chi connectivity index (χ4v) is 2.92. The molecule has 0 aromatic heterocycles. The van der Waals surface area contributed by atoms with Gasteiger partial charge < -0.3 is 9.64 Å². The molecule has 1 aromatic rings. The van der Waals surface area contributed by atoms with Crippen LogP contribution < -0.4 is 0 Å². The van der Waals surface area contributed by atoms with Crippen LogP contribution in [0.15, 0.2) is 28.7 Å². The molecule has 1 saturated heterocycles. The van der Waals surface area contributed by atoms with Crippen molar-refractivity contribution in [1.29, 1.82) is 0 Å². The Morgan fingerprint density at radius 3 is 2.85 bits per heavy atom. The molecule has 0 saturated carbocycles. The van der Waals surface area contributed by atoms with E-state index in [1.54, 1.807) is 7.11 Å². The van der Waals surface area contributed by atoms with Gasteiger partial charge in [-0.3, -0.25) is 4.79 Å². The number of carbonyl (C=O) groups excluding carboxylic acids is 1. The van der Waals surface area contributed by atoms with E-state index in [1.165, 1.54) is 6.42 Å². The number of rotatable bonds is 6. The molecule has 1 aliphatic heterocycles. The molecule has 1 heterocycles. The van der Waals surface area contributed by atoms with Crippen LogP contribution in [0.2, 0.25) is 0 Å². The Balaban J connectivity index is 1.72. The van der Waals surface area contributed by atoms with Crippen LogP contribution in [0.1, 0.15) is 36.0 Å². The first-order chi connectivity index (χ1) is 9.69. The molecule has 20 heavy (non-hydrogen) atoms. The van der Waals surface area contributed by atoms with Crippen molar-refractivity contribution >= 4 is 21.7 Å². The topological polar surface area (TPSA) is 29.5 Å². The zero-order valence-electron chi connectivity index (χ0n) is 12.0. The fraction of sp³-hybridized carbons (Fsp3) is 0.562. The zero-order valence-corrected chi connectivity index (χ0v) is 13.6. The van der Waals surface area contributed by atoms with Crippen LogP contribution >= 0.6 is 15.9 Å². The summed E-state index contributed by atoms with van der Waals surface area (Å²) >= 11 is 3.38. The number of Topliss-reactive ketones (excluding diaryl/α,β-unsaturated/α-hetero) is 1. The van der Waals surface area contributed by atoms with Gasteiger partial charge in [0.15, 0.2) is 5.78 Å². The number of hydrogen-bond donors (Lipinski definition) is 0. The van der Waals surface area contributed by atoms with Crippen molar-refractivity contribution in [1.82, 2.24) is 4.90 Å². The van der Waals surface area contributed by atoms with Gasteiger partial charge in [-0.2, -0.15) is 0 Å². The maximum atomic E-state index is 12.1. The summed E-state index contributed by atoms with van der Waals surface area (Å²) in [4.78, 5) is 14.5. The summed E-state index contributed by atoms with van der Waals surface area (Å²) in [6, 6.07) is 7.60. The Kier molecular flexibility index (Phi) is 6.20. The second-order valence-electron chi connectivity index (χ2n) is 5.33. The minimum Gasteiger partial charge on any atom is -0.380 e. The van der Waals surface area contributed by atoms with E-state index < -0.39 is 0 Å². The number of hydrogen-bond acceptors (Lipinski definition) is 3. The maximum absolute atomic E-state index is 12.1. The normalized spacial score (nSPS) is 20.0. The molecule has 1 unspecified atom stereocenters. The van der Waals surface area contributed by atoms with Crippen molar-refractivity contribution in [2.45, 2.75) is 31.8 Å². The number of ketones is 1. The number of halogens is 1. The molecule has 1 aliphatic rings. The van der Waals surface area contributed by atoms with Gasteiger partial charge in [0.05, 0.1) is 6.10 Å². The van der Waals surface area contributed by atoms with Gasteiger partial charge in [0.25, 0.3) is 0 Å². The lowest BCUT2D eigenvalue weighted by atomic mass is 10.1. The highest BCUT2D eigenvalue weighted by atomic mass is 79.9. The van der Waals surface area contributed by atoms with Gasteiger partial charge in [0.2, 0.25) is 0 Å². The fourth-order valence-electron chi connectivity index (χ4n) is 2.65. The molecule has 0 amide bonds. The van der Waals surface area contributed by atoms with Crippen molar-refractivity contribution in [3.05, 3.63) is 34.3 Å². The molecule has 0 aliphatic carbocycles. The second kappa shape index (κ2) is 7.91. The Morgan fingerprint density at radius 2 is 2.15 bits per heavy atom. The van der Waals surface area contributed by atoms with Crippen LogP contribution in [-0.2, 0) is 4.74 Å². The highest BCUT2D eigenvalue weighted by molar-refractivity contribution is 9.10. The van der Waals surface area contributed by atoms with Crippen LogP contribution in [0.4, 0.5) is 0 Å². The quantitative estimate of drug-likeness (QED) is 0.742. The van der Waals surface area contributed by atoms with Gasteiger partial charge in [0.1, 0.15) is 0 Å². The summed E-state index contributed by atoms with van der Waals surface area (Å²) in [6.45, 7) is 3.12. The molecule has 4 heteroatoms. The van der Waals surface area contributed by atoms with E-state index in [0.717, 1.165) is 42.5 Å². The number of ether oxygens (including phenoxy) is 1. The number of nitrogens with zero attached hydrogens (tertiary/aromatic N) is 1. The SMILES string of the molecule is COC1CCCN(CCCC(=O)c2ccc(Br)cc2)C1. The Hall–Kier alpha value is -0.710. The Morgan fingerprint density at radius 1 is 1.40 bits per heavy atom. The summed E-state index contributed by atoms with van der Waals surface area (Å²) in [5.41, 5.74) is 0.807. The number of piperidine rings is 1. The minimum absolute atomic E-state index is 0.234. The van der Waals surface area contributed by atoms with Gasteiger partial charge in [-0.05, 0) is 44.5 Å². The first-order valence-corrected chi connectivity index (χ1v) is 8.02. The van der Waals surface area contributed by atoms with E-state index in [9.17, 15) is 4.79 Å². The van der Waals surface area contributed by atoms with Crippen molar-refractivity contribution in [2.75, 3.05) is 26.7 Å².